The van der Waals surface area contributed by atoms with E-state index >= 15 is 0 Å². The summed E-state index contributed by atoms with van der Waals surface area (Å²) in [7, 11) is 0. The van der Waals surface area contributed by atoms with Crippen LogP contribution in [-0.2, 0) is 19.7 Å². The third kappa shape index (κ3) is 5.68. The van der Waals surface area contributed by atoms with E-state index in [1.165, 1.54) is 0 Å². The molecule has 0 radical (unpaired) electrons. The van der Waals surface area contributed by atoms with Crippen molar-refractivity contribution in [1.29, 1.82) is 0 Å². The molecule has 0 saturated carbocycles. The smallest absolute Gasteiger partial charge is 0.344 e. The summed E-state index contributed by atoms with van der Waals surface area (Å²) in [5, 5.41) is 0. The molecule has 0 N–H and O–H groups in total. The summed E-state index contributed by atoms with van der Waals surface area (Å²) in [5.74, 6) is 0.520. The second-order valence-corrected chi connectivity index (χ2v) is 8.11. The largest absolute Gasteiger partial charge is 0.482 e. The molecule has 1 saturated heterocycles. The molecule has 1 fully saturated rings. The lowest BCUT2D eigenvalue weighted by molar-refractivity contribution is -0.153. The fourth-order valence-electron chi connectivity index (χ4n) is 3.23. The number of piperazine rings is 1. The molecule has 0 unspecified atom stereocenters. The maximum atomic E-state index is 12.4. The predicted octanol–water partition coefficient (Wildman–Crippen LogP) is 2.04. The number of carbonyl (C=O) groups excluding carboxylic acids is 2. The number of anilines is 1. The number of carbonyl (C=O) groups is 2. The van der Waals surface area contributed by atoms with Crippen LogP contribution >= 0.6 is 0 Å². The van der Waals surface area contributed by atoms with Gasteiger partial charge in [-0.25, -0.2) is 14.8 Å². The van der Waals surface area contributed by atoms with Crippen molar-refractivity contribution in [2.24, 2.45) is 0 Å². The average Bonchev–Trinajstić information content (AvgIpc) is 2.76. The highest BCUT2D eigenvalue weighted by Crippen LogP contribution is 2.30. The highest BCUT2D eigenvalue weighted by atomic mass is 16.6. The standard InChI is InChI=1S/C22H28N4O4/c1-22(2,3)17-7-4-5-8-18(17)29-16-20(28)30-15-19(27)25-11-13-26(14-12-25)21-23-9-6-10-24-21/h4-10H,11-16H2,1-3H3. The fourth-order valence-corrected chi connectivity index (χ4v) is 3.23. The van der Waals surface area contributed by atoms with Gasteiger partial charge in [0.15, 0.2) is 13.2 Å². The van der Waals surface area contributed by atoms with Crippen molar-refractivity contribution in [1.82, 2.24) is 14.9 Å². The molecule has 0 spiro atoms. The third-order valence-electron chi connectivity index (χ3n) is 4.86. The minimum absolute atomic E-state index is 0.108. The molecular weight excluding hydrogens is 384 g/mol. The molecule has 1 aliphatic rings. The molecule has 8 heteroatoms. The first-order chi connectivity index (χ1) is 14.3. The SMILES string of the molecule is CC(C)(C)c1ccccc1OCC(=O)OCC(=O)N1CCN(c2ncccn2)CC1. The van der Waals surface area contributed by atoms with Crippen LogP contribution in [0.25, 0.3) is 0 Å². The molecule has 2 heterocycles. The molecule has 1 aromatic heterocycles. The van der Waals surface area contributed by atoms with E-state index in [2.05, 4.69) is 30.7 Å². The summed E-state index contributed by atoms with van der Waals surface area (Å²) >= 11 is 0. The first-order valence-electron chi connectivity index (χ1n) is 10.0. The van der Waals surface area contributed by atoms with Crippen LogP contribution in [0, 0.1) is 0 Å². The lowest BCUT2D eigenvalue weighted by Gasteiger charge is -2.34. The first-order valence-corrected chi connectivity index (χ1v) is 10.0. The summed E-state index contributed by atoms with van der Waals surface area (Å²) in [4.78, 5) is 36.6. The van der Waals surface area contributed by atoms with Gasteiger partial charge in [-0.1, -0.05) is 39.0 Å². The Morgan fingerprint density at radius 2 is 1.63 bits per heavy atom. The van der Waals surface area contributed by atoms with E-state index in [1.54, 1.807) is 23.4 Å². The predicted molar refractivity (Wildman–Crippen MR) is 112 cm³/mol. The van der Waals surface area contributed by atoms with Gasteiger partial charge in [0, 0.05) is 38.6 Å². The number of nitrogens with zero attached hydrogens (tertiary/aromatic N) is 4. The molecule has 1 aliphatic heterocycles. The number of amides is 1. The van der Waals surface area contributed by atoms with E-state index in [-0.39, 0.29) is 24.5 Å². The number of aromatic nitrogens is 2. The molecule has 1 amide bonds. The normalized spacial score (nSPS) is 14.4. The van der Waals surface area contributed by atoms with Crippen LogP contribution in [-0.4, -0.2) is 66.1 Å². The molecule has 30 heavy (non-hydrogen) atoms. The highest BCUT2D eigenvalue weighted by molar-refractivity contribution is 5.81. The Balaban J connectivity index is 1.42. The summed E-state index contributed by atoms with van der Waals surface area (Å²) in [6.07, 6.45) is 3.39. The molecular formula is C22H28N4O4. The molecule has 1 aromatic carbocycles. The zero-order valence-corrected chi connectivity index (χ0v) is 17.7. The average molecular weight is 412 g/mol. The minimum atomic E-state index is -0.566. The van der Waals surface area contributed by atoms with Crippen molar-refractivity contribution < 1.29 is 19.1 Å². The zero-order chi connectivity index (χ0) is 21.6. The zero-order valence-electron chi connectivity index (χ0n) is 17.7. The number of para-hydroxylation sites is 1. The van der Waals surface area contributed by atoms with E-state index in [9.17, 15) is 9.59 Å². The van der Waals surface area contributed by atoms with Gasteiger partial charge in [0.25, 0.3) is 5.91 Å². The van der Waals surface area contributed by atoms with Crippen molar-refractivity contribution in [3.05, 3.63) is 48.3 Å². The van der Waals surface area contributed by atoms with E-state index in [1.807, 2.05) is 29.2 Å². The lowest BCUT2D eigenvalue weighted by Crippen LogP contribution is -2.50. The van der Waals surface area contributed by atoms with Crippen LogP contribution in [0.5, 0.6) is 5.75 Å². The Morgan fingerprint density at radius 3 is 2.30 bits per heavy atom. The second-order valence-electron chi connectivity index (χ2n) is 8.11. The van der Waals surface area contributed by atoms with E-state index in [0.29, 0.717) is 37.9 Å². The van der Waals surface area contributed by atoms with Gasteiger partial charge in [-0.15, -0.1) is 0 Å². The number of esters is 1. The maximum absolute atomic E-state index is 12.4. The Morgan fingerprint density at radius 1 is 0.967 bits per heavy atom. The summed E-state index contributed by atoms with van der Waals surface area (Å²) in [6.45, 7) is 8.05. The summed E-state index contributed by atoms with van der Waals surface area (Å²) < 4.78 is 10.8. The Labute approximate surface area is 176 Å². The topological polar surface area (TPSA) is 84.9 Å². The van der Waals surface area contributed by atoms with E-state index in [4.69, 9.17) is 9.47 Å². The molecule has 3 rings (SSSR count). The number of hydrogen-bond acceptors (Lipinski definition) is 7. The maximum Gasteiger partial charge on any atom is 0.344 e. The first kappa shape index (κ1) is 21.5. The Kier molecular flexibility index (Phi) is 6.87. The van der Waals surface area contributed by atoms with Gasteiger partial charge in [-0.2, -0.15) is 0 Å². The van der Waals surface area contributed by atoms with Gasteiger partial charge in [0.2, 0.25) is 5.95 Å². The van der Waals surface area contributed by atoms with Crippen molar-refractivity contribution in [2.75, 3.05) is 44.3 Å². The van der Waals surface area contributed by atoms with Crippen molar-refractivity contribution in [2.45, 2.75) is 26.2 Å². The molecule has 0 atom stereocenters. The Hall–Kier alpha value is -3.16. The van der Waals surface area contributed by atoms with Crippen LogP contribution in [0.1, 0.15) is 26.3 Å². The van der Waals surface area contributed by atoms with Crippen LogP contribution in [0.2, 0.25) is 0 Å². The Bertz CT molecular complexity index is 859. The fraction of sp³-hybridized carbons (Fsp3) is 0.455. The van der Waals surface area contributed by atoms with Gasteiger partial charge in [-0.05, 0) is 23.1 Å². The number of benzene rings is 1. The van der Waals surface area contributed by atoms with Crippen LogP contribution in [0.15, 0.2) is 42.7 Å². The van der Waals surface area contributed by atoms with Gasteiger partial charge in [0.05, 0.1) is 0 Å². The molecule has 8 nitrogen and oxygen atoms in total. The third-order valence-corrected chi connectivity index (χ3v) is 4.86. The molecule has 0 bridgehead atoms. The number of hydrogen-bond donors (Lipinski definition) is 0. The van der Waals surface area contributed by atoms with Gasteiger partial charge < -0.3 is 19.3 Å². The van der Waals surface area contributed by atoms with Crippen LogP contribution in [0.3, 0.4) is 0 Å². The quantitative estimate of drug-likeness (QED) is 0.671. The highest BCUT2D eigenvalue weighted by Gasteiger charge is 2.23. The monoisotopic (exact) mass is 412 g/mol. The molecule has 160 valence electrons. The van der Waals surface area contributed by atoms with Gasteiger partial charge >= 0.3 is 5.97 Å². The number of ether oxygens (including phenoxy) is 2. The second kappa shape index (κ2) is 9.56. The molecule has 2 aromatic rings. The van der Waals surface area contributed by atoms with Crippen LogP contribution in [0.4, 0.5) is 5.95 Å². The minimum Gasteiger partial charge on any atom is -0.482 e. The van der Waals surface area contributed by atoms with Crippen LogP contribution < -0.4 is 9.64 Å². The van der Waals surface area contributed by atoms with Gasteiger partial charge in [-0.3, -0.25) is 4.79 Å². The van der Waals surface area contributed by atoms with Crippen molar-refractivity contribution in [3.63, 3.8) is 0 Å². The van der Waals surface area contributed by atoms with Crippen molar-refractivity contribution in [3.8, 4) is 5.75 Å². The molecule has 0 aliphatic carbocycles. The van der Waals surface area contributed by atoms with Crippen molar-refractivity contribution >= 4 is 17.8 Å². The van der Waals surface area contributed by atoms with Gasteiger partial charge in [0.1, 0.15) is 5.75 Å². The summed E-state index contributed by atoms with van der Waals surface area (Å²) in [5.41, 5.74) is 0.901. The number of rotatable bonds is 6. The lowest BCUT2D eigenvalue weighted by atomic mass is 9.86. The van der Waals surface area contributed by atoms with E-state index in [0.717, 1.165) is 5.56 Å². The van der Waals surface area contributed by atoms with E-state index < -0.39 is 5.97 Å². The summed E-state index contributed by atoms with van der Waals surface area (Å²) in [6, 6.07) is 9.37.